The Balaban J connectivity index is 1.37. The second-order valence-electron chi connectivity index (χ2n) is 8.74. The molecule has 1 aromatic carbocycles. The summed E-state index contributed by atoms with van der Waals surface area (Å²) in [6.45, 7) is 0. The van der Waals surface area contributed by atoms with Gasteiger partial charge in [-0.1, -0.05) is 6.07 Å². The zero-order valence-corrected chi connectivity index (χ0v) is 18.2. The number of hydrogen-bond donors (Lipinski definition) is 2. The van der Waals surface area contributed by atoms with Gasteiger partial charge in [0.05, 0.1) is 17.8 Å². The number of halogens is 2. The topological polar surface area (TPSA) is 96.2 Å². The molecule has 4 heterocycles. The van der Waals surface area contributed by atoms with Crippen LogP contribution in [-0.4, -0.2) is 56.2 Å². The Labute approximate surface area is 188 Å². The Morgan fingerprint density at radius 2 is 2.00 bits per heavy atom. The monoisotopic (exact) mass is 454 g/mol. The molecule has 0 radical (unpaired) electrons. The van der Waals surface area contributed by atoms with Crippen molar-refractivity contribution in [1.82, 2.24) is 25.1 Å². The number of alkyl halides is 1. The van der Waals surface area contributed by atoms with Crippen LogP contribution in [0.5, 0.6) is 5.75 Å². The molecule has 10 heteroatoms. The van der Waals surface area contributed by atoms with Gasteiger partial charge in [0.15, 0.2) is 17.6 Å². The van der Waals surface area contributed by atoms with Crippen LogP contribution in [0.1, 0.15) is 19.3 Å². The van der Waals surface area contributed by atoms with Crippen molar-refractivity contribution in [2.75, 3.05) is 11.9 Å². The average molecular weight is 454 g/mol. The first-order valence-electron chi connectivity index (χ1n) is 10.8. The number of aromatic hydroxyl groups is 1. The summed E-state index contributed by atoms with van der Waals surface area (Å²) in [6, 6.07) is 7.08. The minimum Gasteiger partial charge on any atom is -0.507 e. The van der Waals surface area contributed by atoms with E-state index in [1.807, 2.05) is 0 Å². The lowest BCUT2D eigenvalue weighted by molar-refractivity contribution is 0.176. The Morgan fingerprint density at radius 1 is 1.18 bits per heavy atom. The fourth-order valence-electron chi connectivity index (χ4n) is 4.74. The number of hydrogen-bond acceptors (Lipinski definition) is 7. The van der Waals surface area contributed by atoms with E-state index in [2.05, 4.69) is 20.5 Å². The highest BCUT2D eigenvalue weighted by atomic mass is 19.1. The molecule has 0 unspecified atom stereocenters. The van der Waals surface area contributed by atoms with Crippen molar-refractivity contribution in [3.05, 3.63) is 52.8 Å². The number of aromatic nitrogens is 4. The first-order valence-corrected chi connectivity index (χ1v) is 10.8. The molecular formula is C23H24F2N6O2. The molecule has 3 aromatic rings. The maximum Gasteiger partial charge on any atom is 0.253 e. The number of phenols is 1. The van der Waals surface area contributed by atoms with Crippen LogP contribution in [0.25, 0.3) is 22.5 Å². The van der Waals surface area contributed by atoms with Crippen molar-refractivity contribution < 1.29 is 13.9 Å². The number of benzene rings is 1. The Morgan fingerprint density at radius 3 is 2.70 bits per heavy atom. The van der Waals surface area contributed by atoms with Crippen LogP contribution in [0.3, 0.4) is 0 Å². The fraction of sp³-hybridized carbons (Fsp3) is 0.391. The minimum absolute atomic E-state index is 0.120. The first kappa shape index (κ1) is 21.4. The van der Waals surface area contributed by atoms with E-state index in [0.717, 1.165) is 17.4 Å². The summed E-state index contributed by atoms with van der Waals surface area (Å²) in [7, 11) is 3.14. The number of nitrogens with one attached hydrogen (secondary N) is 1. The van der Waals surface area contributed by atoms with Gasteiger partial charge in [-0.2, -0.15) is 4.39 Å². The van der Waals surface area contributed by atoms with Gasteiger partial charge < -0.3 is 15.3 Å². The van der Waals surface area contributed by atoms with Gasteiger partial charge in [-0.15, -0.1) is 10.2 Å². The number of piperidine rings is 1. The second kappa shape index (κ2) is 8.18. The van der Waals surface area contributed by atoms with Crippen LogP contribution in [-0.2, 0) is 7.05 Å². The highest BCUT2D eigenvalue weighted by Crippen LogP contribution is 2.34. The van der Waals surface area contributed by atoms with E-state index in [1.54, 1.807) is 24.1 Å². The summed E-state index contributed by atoms with van der Waals surface area (Å²) >= 11 is 0. The van der Waals surface area contributed by atoms with Crippen molar-refractivity contribution in [3.63, 3.8) is 0 Å². The number of rotatable bonds is 4. The van der Waals surface area contributed by atoms with E-state index >= 15 is 0 Å². The summed E-state index contributed by atoms with van der Waals surface area (Å²) in [4.78, 5) is 18.0. The van der Waals surface area contributed by atoms with E-state index < -0.39 is 17.7 Å². The van der Waals surface area contributed by atoms with Crippen LogP contribution in [0, 0.1) is 5.95 Å². The number of anilines is 1. The van der Waals surface area contributed by atoms with Crippen LogP contribution < -0.4 is 15.8 Å². The van der Waals surface area contributed by atoms with Gasteiger partial charge in [0.2, 0.25) is 0 Å². The third-order valence-electron chi connectivity index (χ3n) is 6.74. The first-order chi connectivity index (χ1) is 15.8. The standard InChI is InChI=1S/C23H24F2N6O2/c1-30(17-10-14-4-6-16(27-14)22(17)25)20-11-26-23(29-28-20)15-5-3-12(7-18(15)32)13-8-19(24)31(2)21(33)9-13/h3,5,7-9,11,14,16-17,22,27,32H,4,6,10H2,1-2H3/t14-,16+,17+,22-/m1/s1. The lowest BCUT2D eigenvalue weighted by Gasteiger charge is -2.38. The van der Waals surface area contributed by atoms with Crippen molar-refractivity contribution in [3.8, 4) is 28.3 Å². The Hall–Kier alpha value is -3.40. The smallest absolute Gasteiger partial charge is 0.253 e. The van der Waals surface area contributed by atoms with E-state index in [-0.39, 0.29) is 23.7 Å². The molecule has 2 N–H and O–H groups in total. The highest BCUT2D eigenvalue weighted by Gasteiger charge is 2.43. The summed E-state index contributed by atoms with van der Waals surface area (Å²) < 4.78 is 29.7. The molecule has 0 aliphatic carbocycles. The predicted octanol–water partition coefficient (Wildman–Crippen LogP) is 2.42. The summed E-state index contributed by atoms with van der Waals surface area (Å²) in [6.07, 6.45) is 3.05. The molecule has 0 saturated carbocycles. The van der Waals surface area contributed by atoms with Crippen molar-refractivity contribution in [2.24, 2.45) is 7.05 Å². The summed E-state index contributed by atoms with van der Waals surface area (Å²) in [5.74, 6) is -0.145. The van der Waals surface area contributed by atoms with Gasteiger partial charge in [-0.05, 0) is 48.6 Å². The number of pyridine rings is 1. The maximum absolute atomic E-state index is 14.9. The number of nitrogens with zero attached hydrogens (tertiary/aromatic N) is 5. The average Bonchev–Trinajstić information content (AvgIpc) is 3.22. The largest absolute Gasteiger partial charge is 0.507 e. The van der Waals surface area contributed by atoms with Crippen LogP contribution in [0.4, 0.5) is 14.6 Å². The van der Waals surface area contributed by atoms with Gasteiger partial charge in [-0.3, -0.25) is 9.36 Å². The molecule has 2 saturated heterocycles. The van der Waals surface area contributed by atoms with E-state index in [4.69, 9.17) is 0 Å². The SMILES string of the molecule is CN(c1cnc(-c2ccc(-c3cc(F)n(C)c(=O)c3)cc2O)nn1)[C@H]1C[C@H]2CC[C@H](N2)[C@H]1F. The molecule has 2 fully saturated rings. The van der Waals surface area contributed by atoms with Gasteiger partial charge in [0, 0.05) is 32.2 Å². The van der Waals surface area contributed by atoms with Gasteiger partial charge in [0.1, 0.15) is 11.9 Å². The second-order valence-corrected chi connectivity index (χ2v) is 8.74. The van der Waals surface area contributed by atoms with Crippen molar-refractivity contribution in [1.29, 1.82) is 0 Å². The summed E-state index contributed by atoms with van der Waals surface area (Å²) in [5.41, 5.74) is 0.683. The van der Waals surface area contributed by atoms with Crippen LogP contribution in [0.15, 0.2) is 41.3 Å². The fourth-order valence-corrected chi connectivity index (χ4v) is 4.74. The third kappa shape index (κ3) is 3.84. The lowest BCUT2D eigenvalue weighted by Crippen LogP contribution is -2.55. The molecular weight excluding hydrogens is 430 g/mol. The predicted molar refractivity (Wildman–Crippen MR) is 119 cm³/mol. The molecule has 0 spiro atoms. The lowest BCUT2D eigenvalue weighted by atomic mass is 9.96. The Kier molecular flexibility index (Phi) is 5.32. The van der Waals surface area contributed by atoms with Crippen LogP contribution >= 0.6 is 0 Å². The molecule has 2 bridgehead atoms. The molecule has 2 aromatic heterocycles. The van der Waals surface area contributed by atoms with Crippen molar-refractivity contribution in [2.45, 2.75) is 43.6 Å². The summed E-state index contributed by atoms with van der Waals surface area (Å²) in [5, 5.41) is 22.2. The van der Waals surface area contributed by atoms with Gasteiger partial charge in [-0.25, -0.2) is 9.37 Å². The molecule has 5 rings (SSSR count). The van der Waals surface area contributed by atoms with E-state index in [1.165, 1.54) is 31.4 Å². The molecule has 33 heavy (non-hydrogen) atoms. The van der Waals surface area contributed by atoms with E-state index in [0.29, 0.717) is 35.0 Å². The minimum atomic E-state index is -0.994. The zero-order valence-electron chi connectivity index (χ0n) is 18.2. The number of phenolic OH excluding ortho intramolecular Hbond substituents is 1. The van der Waals surface area contributed by atoms with Gasteiger partial charge >= 0.3 is 0 Å². The number of fused-ring (bicyclic) bond motifs is 2. The zero-order chi connectivity index (χ0) is 23.3. The third-order valence-corrected chi connectivity index (χ3v) is 6.74. The van der Waals surface area contributed by atoms with Crippen molar-refractivity contribution >= 4 is 5.82 Å². The highest BCUT2D eigenvalue weighted by molar-refractivity contribution is 5.72. The maximum atomic E-state index is 14.9. The molecule has 2 aliphatic rings. The molecule has 0 amide bonds. The van der Waals surface area contributed by atoms with E-state index in [9.17, 15) is 18.7 Å². The Bertz CT molecular complexity index is 1250. The molecule has 4 atom stereocenters. The molecule has 172 valence electrons. The van der Waals surface area contributed by atoms with Gasteiger partial charge in [0.25, 0.3) is 5.56 Å². The normalized spacial score (nSPS) is 24.1. The quantitative estimate of drug-likeness (QED) is 0.585. The van der Waals surface area contributed by atoms with Crippen LogP contribution in [0.2, 0.25) is 0 Å². The molecule has 8 nitrogen and oxygen atoms in total. The molecule has 2 aliphatic heterocycles.